The number of rotatable bonds is 18. The molecule has 69 heavy (non-hydrogen) atoms. The molecule has 2 aliphatic heterocycles. The largest absolute Gasteiger partial charge is 0.497 e. The molecule has 11 amide bonds. The van der Waals surface area contributed by atoms with Gasteiger partial charge in [0.25, 0.3) is 0 Å². The van der Waals surface area contributed by atoms with E-state index >= 15 is 0 Å². The lowest BCUT2D eigenvalue weighted by molar-refractivity contribution is -0.142. The van der Waals surface area contributed by atoms with Crippen molar-refractivity contribution in [3.05, 3.63) is 29.8 Å². The van der Waals surface area contributed by atoms with E-state index in [1.165, 1.54) is 23.8 Å². The van der Waals surface area contributed by atoms with Crippen molar-refractivity contribution in [1.82, 2.24) is 42.1 Å². The molecule has 24 heteroatoms. The fourth-order valence-electron chi connectivity index (χ4n) is 7.68. The summed E-state index contributed by atoms with van der Waals surface area (Å²) in [6.45, 7) is 6.75. The van der Waals surface area contributed by atoms with E-state index < -0.39 is 133 Å². The van der Waals surface area contributed by atoms with Crippen molar-refractivity contribution in [3.63, 3.8) is 0 Å². The van der Waals surface area contributed by atoms with E-state index in [1.54, 1.807) is 38.1 Å². The normalized spacial score (nSPS) is 23.2. The van der Waals surface area contributed by atoms with Crippen LogP contribution in [0.5, 0.6) is 5.75 Å². The van der Waals surface area contributed by atoms with Crippen LogP contribution < -0.4 is 59.2 Å². The van der Waals surface area contributed by atoms with Crippen LogP contribution in [0.4, 0.5) is 0 Å². The SMILES string of the molecule is CC[C@H](C)[C@@H]1NC(=O)[C@H](Cc2ccc(OC)cc2)NC(=O)CCCSC[C@H](C(=O)N2CCC[C@@H]2C(=O)N[C@H](CC(C)C)C(=O)NCC(N)=O)NC(=O)[C@@H](CC(N)=O)NC(=O)[C@H](CCC(N)=O)NC1=O. The molecule has 3 rings (SSSR count). The van der Waals surface area contributed by atoms with E-state index in [9.17, 15) is 52.7 Å². The number of nitrogens with two attached hydrogens (primary N) is 3. The summed E-state index contributed by atoms with van der Waals surface area (Å²) in [6.07, 6.45) is -0.176. The van der Waals surface area contributed by atoms with Crippen LogP contribution in [-0.4, -0.2) is 144 Å². The topological polar surface area (TPSA) is 363 Å². The van der Waals surface area contributed by atoms with Gasteiger partial charge in [-0.05, 0) is 67.4 Å². The molecule has 2 heterocycles. The van der Waals surface area contributed by atoms with Gasteiger partial charge < -0.3 is 64.1 Å². The maximum atomic E-state index is 14.5. The zero-order chi connectivity index (χ0) is 51.4. The summed E-state index contributed by atoms with van der Waals surface area (Å²) in [5.41, 5.74) is 16.8. The number of ether oxygens (including phenoxy) is 1. The van der Waals surface area contributed by atoms with Gasteiger partial charge in [0.2, 0.25) is 65.0 Å². The molecule has 0 saturated carbocycles. The van der Waals surface area contributed by atoms with Gasteiger partial charge in [0.15, 0.2) is 0 Å². The Hall–Kier alpha value is -6.46. The Morgan fingerprint density at radius 1 is 0.812 bits per heavy atom. The first-order valence-electron chi connectivity index (χ1n) is 23.1. The maximum Gasteiger partial charge on any atom is 0.246 e. The van der Waals surface area contributed by atoms with Gasteiger partial charge >= 0.3 is 0 Å². The van der Waals surface area contributed by atoms with Gasteiger partial charge in [-0.3, -0.25) is 52.7 Å². The highest BCUT2D eigenvalue weighted by atomic mass is 32.2. The van der Waals surface area contributed by atoms with E-state index in [2.05, 4.69) is 37.2 Å². The zero-order valence-electron chi connectivity index (χ0n) is 39.9. The van der Waals surface area contributed by atoms with Crippen molar-refractivity contribution in [2.75, 3.05) is 31.7 Å². The molecule has 0 unspecified atom stereocenters. The number of hydrogen-bond acceptors (Lipinski definition) is 13. The molecule has 0 bridgehead atoms. The number of benzene rings is 1. The summed E-state index contributed by atoms with van der Waals surface area (Å²) < 4.78 is 5.25. The van der Waals surface area contributed by atoms with Gasteiger partial charge in [0, 0.05) is 31.6 Å². The van der Waals surface area contributed by atoms with Gasteiger partial charge in [0.05, 0.1) is 20.1 Å². The minimum Gasteiger partial charge on any atom is -0.497 e. The standard InChI is InChI=1S/C45H69N11O12S/c1-6-25(4)38-44(66)51-28(15-16-34(46)57)40(62)52-31(21-35(47)58)41(63)54-32(23-69-18-8-10-37(60)50-30(42(64)55-38)20-26-11-13-27(68-5)14-12-26)45(67)56-17-7-9-33(56)43(65)53-29(19-24(2)3)39(61)49-22-36(48)59/h11-14,24-25,28-33,38H,6-10,15-23H2,1-5H3,(H2,46,57)(H2,47,58)(H2,48,59)(H,49,61)(H,50,60)(H,51,66)(H,52,62)(H,53,65)(H,54,63)(H,55,64)/t25-,28-,29+,30-,31+,32+,33+,38-/m0/s1. The third-order valence-electron chi connectivity index (χ3n) is 11.6. The number of methoxy groups -OCH3 is 1. The highest BCUT2D eigenvalue weighted by Gasteiger charge is 2.40. The van der Waals surface area contributed by atoms with Gasteiger partial charge in [-0.15, -0.1) is 0 Å². The summed E-state index contributed by atoms with van der Waals surface area (Å²) in [7, 11) is 1.50. The second-order valence-corrected chi connectivity index (χ2v) is 18.8. The van der Waals surface area contributed by atoms with Gasteiger partial charge in [-0.25, -0.2) is 0 Å². The van der Waals surface area contributed by atoms with E-state index in [0.717, 1.165) is 0 Å². The van der Waals surface area contributed by atoms with Crippen LogP contribution in [0.25, 0.3) is 0 Å². The van der Waals surface area contributed by atoms with E-state index in [4.69, 9.17) is 21.9 Å². The molecular formula is C45H69N11O12S. The molecule has 1 aromatic rings. The summed E-state index contributed by atoms with van der Waals surface area (Å²) in [4.78, 5) is 148. The van der Waals surface area contributed by atoms with Crippen LogP contribution in [0.15, 0.2) is 24.3 Å². The third kappa shape index (κ3) is 18.9. The molecular weight excluding hydrogens is 919 g/mol. The van der Waals surface area contributed by atoms with Gasteiger partial charge in [-0.1, -0.05) is 46.2 Å². The Morgan fingerprint density at radius 2 is 1.46 bits per heavy atom. The number of hydrogen-bond donors (Lipinski definition) is 10. The van der Waals surface area contributed by atoms with Crippen molar-refractivity contribution < 1.29 is 57.5 Å². The summed E-state index contributed by atoms with van der Waals surface area (Å²) >= 11 is 1.18. The Kier molecular flexibility index (Phi) is 23.2. The van der Waals surface area contributed by atoms with E-state index in [0.29, 0.717) is 24.2 Å². The molecule has 0 aromatic heterocycles. The Morgan fingerprint density at radius 3 is 2.07 bits per heavy atom. The number of thioether (sulfide) groups is 1. The van der Waals surface area contributed by atoms with Crippen LogP contribution in [0, 0.1) is 11.8 Å². The smallest absolute Gasteiger partial charge is 0.246 e. The average Bonchev–Trinajstić information content (AvgIpc) is 3.79. The van der Waals surface area contributed by atoms with Crippen LogP contribution in [0.1, 0.15) is 91.0 Å². The predicted octanol–water partition coefficient (Wildman–Crippen LogP) is -2.50. The molecule has 2 fully saturated rings. The highest BCUT2D eigenvalue weighted by molar-refractivity contribution is 7.99. The Labute approximate surface area is 405 Å². The second-order valence-electron chi connectivity index (χ2n) is 17.6. The molecule has 8 atom stereocenters. The number of carbonyl (C=O) groups excluding carboxylic acids is 11. The summed E-state index contributed by atoms with van der Waals surface area (Å²) in [5, 5.41) is 18.2. The quantitative estimate of drug-likeness (QED) is 0.0728. The number of primary amides is 3. The molecule has 0 aliphatic carbocycles. The fraction of sp³-hybridized carbons (Fsp3) is 0.622. The van der Waals surface area contributed by atoms with Crippen molar-refractivity contribution in [2.45, 2.75) is 134 Å². The molecule has 2 aliphatic rings. The van der Waals surface area contributed by atoms with Crippen LogP contribution in [0.2, 0.25) is 0 Å². The minimum absolute atomic E-state index is 0.0237. The number of nitrogens with zero attached hydrogens (tertiary/aromatic N) is 1. The lowest BCUT2D eigenvalue weighted by Crippen LogP contribution is -2.61. The van der Waals surface area contributed by atoms with Gasteiger partial charge in [-0.2, -0.15) is 11.8 Å². The average molecular weight is 988 g/mol. The molecule has 13 N–H and O–H groups in total. The first-order chi connectivity index (χ1) is 32.6. The molecule has 23 nitrogen and oxygen atoms in total. The molecule has 0 spiro atoms. The number of carbonyl (C=O) groups is 11. The first-order valence-corrected chi connectivity index (χ1v) is 24.2. The third-order valence-corrected chi connectivity index (χ3v) is 12.7. The van der Waals surface area contributed by atoms with Crippen LogP contribution in [0.3, 0.4) is 0 Å². The Bertz CT molecular complexity index is 2020. The Balaban J connectivity index is 2.02. The maximum absolute atomic E-state index is 14.5. The fourth-order valence-corrected chi connectivity index (χ4v) is 8.66. The number of nitrogens with one attached hydrogen (secondary N) is 7. The molecule has 0 radical (unpaired) electrons. The van der Waals surface area contributed by atoms with E-state index in [-0.39, 0.29) is 62.5 Å². The molecule has 2 saturated heterocycles. The zero-order valence-corrected chi connectivity index (χ0v) is 40.7. The van der Waals surface area contributed by atoms with E-state index in [1.807, 2.05) is 13.8 Å². The van der Waals surface area contributed by atoms with Crippen LogP contribution in [-0.2, 0) is 59.2 Å². The number of amides is 11. The van der Waals surface area contributed by atoms with Gasteiger partial charge in [0.1, 0.15) is 48.0 Å². The number of likely N-dealkylation sites (tertiary alicyclic amines) is 1. The van der Waals surface area contributed by atoms with Crippen molar-refractivity contribution in [1.29, 1.82) is 0 Å². The second kappa shape index (κ2) is 28.1. The van der Waals surface area contributed by atoms with Crippen LogP contribution >= 0.6 is 11.8 Å². The minimum atomic E-state index is -1.71. The van der Waals surface area contributed by atoms with Crippen molar-refractivity contribution in [2.24, 2.45) is 29.0 Å². The first kappa shape index (κ1) is 56.9. The van der Waals surface area contributed by atoms with Crippen molar-refractivity contribution >= 4 is 76.7 Å². The predicted molar refractivity (Wildman–Crippen MR) is 253 cm³/mol. The molecule has 382 valence electrons. The lowest BCUT2D eigenvalue weighted by atomic mass is 9.96. The highest BCUT2D eigenvalue weighted by Crippen LogP contribution is 2.22. The van der Waals surface area contributed by atoms with Crippen molar-refractivity contribution in [3.8, 4) is 5.75 Å². The summed E-state index contributed by atoms with van der Waals surface area (Å²) in [5.74, 6) is -8.59. The lowest BCUT2D eigenvalue weighted by Gasteiger charge is -2.31. The molecule has 1 aromatic carbocycles. The monoisotopic (exact) mass is 987 g/mol. The summed E-state index contributed by atoms with van der Waals surface area (Å²) in [6, 6.07) is -2.40.